The quantitative estimate of drug-likeness (QED) is 0.596. The van der Waals surface area contributed by atoms with Crippen LogP contribution in [0.2, 0.25) is 0 Å². The highest BCUT2D eigenvalue weighted by Crippen LogP contribution is 2.48. The molecule has 11 heteroatoms. The second kappa shape index (κ2) is 8.32. The molecule has 4 heterocycles. The number of fused-ring (bicyclic) bond motifs is 1. The molecule has 2 atom stereocenters. The lowest BCUT2D eigenvalue weighted by atomic mass is 9.83. The zero-order valence-electron chi connectivity index (χ0n) is 19.3. The van der Waals surface area contributed by atoms with Crippen LogP contribution in [0, 0.1) is 30.0 Å². The zero-order chi connectivity index (χ0) is 24.9. The first-order valence-electron chi connectivity index (χ1n) is 10.8. The highest BCUT2D eigenvalue weighted by Gasteiger charge is 2.56. The van der Waals surface area contributed by atoms with Crippen LogP contribution in [0.4, 0.5) is 10.3 Å². The number of carbonyl (C=O) groups is 1. The maximum absolute atomic E-state index is 14.3. The molecule has 0 radical (unpaired) electrons. The Balaban J connectivity index is 1.60. The molecule has 2 aromatic heterocycles. The number of amides is 1. The van der Waals surface area contributed by atoms with E-state index in [1.165, 1.54) is 30.3 Å². The summed E-state index contributed by atoms with van der Waals surface area (Å²) < 4.78 is 19.4. The third-order valence-electron chi connectivity index (χ3n) is 6.50. The number of hydrogen-bond donors (Lipinski definition) is 1. The van der Waals surface area contributed by atoms with E-state index in [-0.39, 0.29) is 42.5 Å². The predicted molar refractivity (Wildman–Crippen MR) is 130 cm³/mol. The first-order chi connectivity index (χ1) is 16.8. The molecule has 3 aromatic rings. The molecule has 0 spiro atoms. The maximum Gasteiger partial charge on any atom is 0.255 e. The molecule has 1 aromatic carbocycles. The molecule has 0 unspecified atom stereocenters. The summed E-state index contributed by atoms with van der Waals surface area (Å²) in [7, 11) is 2.94. The van der Waals surface area contributed by atoms with Crippen molar-refractivity contribution in [3.8, 4) is 23.1 Å². The topological polar surface area (TPSA) is 121 Å². The van der Waals surface area contributed by atoms with Crippen LogP contribution >= 0.6 is 11.3 Å². The zero-order valence-corrected chi connectivity index (χ0v) is 20.1. The number of hydrogen-bond acceptors (Lipinski definition) is 9. The average molecular weight is 492 g/mol. The van der Waals surface area contributed by atoms with Gasteiger partial charge < -0.3 is 15.4 Å². The van der Waals surface area contributed by atoms with E-state index in [2.05, 4.69) is 16.0 Å². The van der Waals surface area contributed by atoms with Crippen LogP contribution in [-0.2, 0) is 10.3 Å². The molecular weight excluding hydrogens is 469 g/mol. The number of methoxy groups -OCH3 is 1. The summed E-state index contributed by atoms with van der Waals surface area (Å²) in [4.78, 5) is 30.8. The Morgan fingerprint density at radius 1 is 1.31 bits per heavy atom. The summed E-state index contributed by atoms with van der Waals surface area (Å²) in [6, 6.07) is 11.5. The van der Waals surface area contributed by atoms with Crippen LogP contribution < -0.4 is 15.4 Å². The number of carbonyl (C=O) groups excluding carboxylic acids is 1. The number of anilines is 1. The van der Waals surface area contributed by atoms with E-state index in [1.807, 2.05) is 34.5 Å². The summed E-state index contributed by atoms with van der Waals surface area (Å²) in [6.45, 7) is 2.10. The molecular formula is C24H22FN7O2S. The fourth-order valence-electron chi connectivity index (χ4n) is 4.59. The summed E-state index contributed by atoms with van der Waals surface area (Å²) in [5.41, 5.74) is 7.76. The van der Waals surface area contributed by atoms with Gasteiger partial charge in [-0.05, 0) is 41.6 Å². The van der Waals surface area contributed by atoms with Crippen molar-refractivity contribution in [1.29, 1.82) is 5.26 Å². The lowest BCUT2D eigenvalue weighted by Gasteiger charge is -2.36. The Labute approximate surface area is 205 Å². The maximum atomic E-state index is 14.3. The molecule has 9 nitrogen and oxygen atoms in total. The van der Waals surface area contributed by atoms with Gasteiger partial charge in [-0.15, -0.1) is 11.3 Å². The van der Waals surface area contributed by atoms with Crippen molar-refractivity contribution < 1.29 is 13.9 Å². The molecule has 0 aliphatic carbocycles. The summed E-state index contributed by atoms with van der Waals surface area (Å²) >= 11 is 1.48. The van der Waals surface area contributed by atoms with E-state index in [0.717, 1.165) is 16.0 Å². The minimum Gasteiger partial charge on any atom is -0.479 e. The van der Waals surface area contributed by atoms with E-state index in [0.29, 0.717) is 5.56 Å². The number of thiophene rings is 1. The Morgan fingerprint density at radius 2 is 2.11 bits per heavy atom. The van der Waals surface area contributed by atoms with Gasteiger partial charge in [0, 0.05) is 18.5 Å². The Kier molecular flexibility index (Phi) is 5.40. The molecule has 2 aliphatic rings. The van der Waals surface area contributed by atoms with Crippen molar-refractivity contribution in [2.75, 3.05) is 32.1 Å². The van der Waals surface area contributed by atoms with Crippen LogP contribution in [0.1, 0.15) is 16.1 Å². The van der Waals surface area contributed by atoms with Crippen molar-refractivity contribution >= 4 is 29.2 Å². The highest BCUT2D eigenvalue weighted by molar-refractivity contribution is 7.10. The van der Waals surface area contributed by atoms with Crippen molar-refractivity contribution in [2.24, 2.45) is 16.6 Å². The molecule has 1 amide bonds. The Hall–Kier alpha value is -4.04. The van der Waals surface area contributed by atoms with Gasteiger partial charge in [0.25, 0.3) is 5.88 Å². The number of ether oxygens (including phenoxy) is 1. The monoisotopic (exact) mass is 491 g/mol. The summed E-state index contributed by atoms with van der Waals surface area (Å²) in [5.74, 6) is -1.09. The minimum absolute atomic E-state index is 0.128. The molecule has 178 valence electrons. The molecule has 35 heavy (non-hydrogen) atoms. The third kappa shape index (κ3) is 3.57. The van der Waals surface area contributed by atoms with Crippen molar-refractivity contribution in [3.05, 3.63) is 57.7 Å². The number of nitrogens with zero attached hydrogens (tertiary/aromatic N) is 6. The van der Waals surface area contributed by atoms with Gasteiger partial charge in [0.15, 0.2) is 5.96 Å². The van der Waals surface area contributed by atoms with E-state index in [4.69, 9.17) is 15.5 Å². The lowest BCUT2D eigenvalue weighted by Crippen LogP contribution is -2.54. The molecule has 0 saturated carbocycles. The summed E-state index contributed by atoms with van der Waals surface area (Å²) in [6.07, 6.45) is 0. The minimum atomic E-state index is -0.956. The molecule has 5 rings (SSSR count). The van der Waals surface area contributed by atoms with Crippen molar-refractivity contribution in [2.45, 2.75) is 12.5 Å². The highest BCUT2D eigenvalue weighted by atomic mass is 32.1. The number of benzene rings is 1. The third-order valence-corrected chi connectivity index (χ3v) is 7.60. The average Bonchev–Trinajstić information content (AvgIpc) is 3.51. The smallest absolute Gasteiger partial charge is 0.255 e. The van der Waals surface area contributed by atoms with Gasteiger partial charge in [-0.1, -0.05) is 12.1 Å². The Morgan fingerprint density at radius 3 is 2.86 bits per heavy atom. The number of nitriles is 1. The van der Waals surface area contributed by atoms with Gasteiger partial charge in [-0.25, -0.2) is 9.98 Å². The van der Waals surface area contributed by atoms with Crippen LogP contribution in [0.3, 0.4) is 0 Å². The van der Waals surface area contributed by atoms with Crippen LogP contribution in [0.5, 0.6) is 5.88 Å². The molecule has 2 N–H and O–H groups in total. The van der Waals surface area contributed by atoms with E-state index in [1.54, 1.807) is 13.1 Å². The summed E-state index contributed by atoms with van der Waals surface area (Å²) in [5, 5.41) is 11.2. The number of nitrogens with two attached hydrogens (primary N) is 1. The molecule has 1 saturated heterocycles. The van der Waals surface area contributed by atoms with Gasteiger partial charge in [-0.2, -0.15) is 14.6 Å². The van der Waals surface area contributed by atoms with Crippen LogP contribution in [0.15, 0.2) is 40.7 Å². The number of guanidine groups is 1. The largest absolute Gasteiger partial charge is 0.479 e. The van der Waals surface area contributed by atoms with Crippen molar-refractivity contribution in [3.63, 3.8) is 0 Å². The Bertz CT molecular complexity index is 1420. The van der Waals surface area contributed by atoms with Gasteiger partial charge in [0.1, 0.15) is 5.54 Å². The van der Waals surface area contributed by atoms with Gasteiger partial charge in [0.2, 0.25) is 17.7 Å². The lowest BCUT2D eigenvalue weighted by molar-refractivity contribution is -0.132. The second-order valence-corrected chi connectivity index (χ2v) is 9.46. The molecule has 0 bridgehead atoms. The fourth-order valence-corrected chi connectivity index (χ4v) is 5.70. The normalized spacial score (nSPS) is 21.5. The molecule has 1 fully saturated rings. The fraction of sp³-hybridized carbons (Fsp3) is 0.292. The number of aryl methyl sites for hydroxylation is 1. The van der Waals surface area contributed by atoms with Crippen molar-refractivity contribution in [1.82, 2.24) is 14.9 Å². The second-order valence-electron chi connectivity index (χ2n) is 8.55. The van der Waals surface area contributed by atoms with Gasteiger partial charge >= 0.3 is 0 Å². The molecule has 2 aliphatic heterocycles. The number of aliphatic imine (C=N–C) groups is 1. The van der Waals surface area contributed by atoms with Crippen LogP contribution in [-0.4, -0.2) is 54.0 Å². The number of aromatic nitrogens is 2. The van der Waals surface area contributed by atoms with Crippen LogP contribution in [0.25, 0.3) is 11.1 Å². The first kappa shape index (κ1) is 22.7. The SMILES string of the molecule is COc1nc(N2C[C@H]3C(=O)N(C)C(N)=N[C@@]3(c3cc(-c4cccc(C#N)c4)cs3)C2)nc(C)c1F. The van der Waals surface area contributed by atoms with Gasteiger partial charge in [-0.3, -0.25) is 9.69 Å². The van der Waals surface area contributed by atoms with E-state index >= 15 is 0 Å². The standard InChI is InChI=1S/C24H22FN7O2S/c1-13-19(25)20(34-3)29-23(28-13)32-10-17-21(33)31(2)22(27)30-24(17,12-32)18-8-16(11-35-18)15-6-4-5-14(7-15)9-26/h4-8,11,17H,10,12H2,1-3H3,(H2,27,30)/t17-,24-/m0/s1. The number of halogens is 1. The van der Waals surface area contributed by atoms with Gasteiger partial charge in [0.05, 0.1) is 36.9 Å². The predicted octanol–water partition coefficient (Wildman–Crippen LogP) is 2.65. The van der Waals surface area contributed by atoms with E-state index in [9.17, 15) is 14.4 Å². The first-order valence-corrected chi connectivity index (χ1v) is 11.7. The van der Waals surface area contributed by atoms with E-state index < -0.39 is 17.3 Å². The number of rotatable bonds is 4.